The third-order valence-electron chi connectivity index (χ3n) is 4.31. The van der Waals surface area contributed by atoms with Crippen LogP contribution in [0.3, 0.4) is 0 Å². The Morgan fingerprint density at radius 3 is 2.65 bits per heavy atom. The molecule has 0 aromatic heterocycles. The highest BCUT2D eigenvalue weighted by atomic mass is 79.9. The minimum absolute atomic E-state index is 0.0187. The molecule has 1 aliphatic carbocycles. The van der Waals surface area contributed by atoms with Crippen LogP contribution >= 0.6 is 15.9 Å². The molecule has 1 fully saturated rings. The first-order valence-corrected chi connectivity index (χ1v) is 8.00. The molecule has 2 N–H and O–H groups in total. The van der Waals surface area contributed by atoms with Gasteiger partial charge in [-0.1, -0.05) is 35.2 Å². The second-order valence-corrected chi connectivity index (χ2v) is 6.75. The highest BCUT2D eigenvalue weighted by Crippen LogP contribution is 2.38. The fraction of sp³-hybridized carbons (Fsp3) is 0.562. The molecule has 110 valence electrons. The van der Waals surface area contributed by atoms with Gasteiger partial charge in [0.25, 0.3) is 0 Å². The zero-order chi connectivity index (χ0) is 14.6. The average molecular weight is 342 g/mol. The molecular weight excluding hydrogens is 321 g/mol. The predicted octanol–water partition coefficient (Wildman–Crippen LogP) is 4.00. The summed E-state index contributed by atoms with van der Waals surface area (Å²) in [6, 6.07) is 4.47. The minimum Gasteiger partial charge on any atom is -0.330 e. The summed E-state index contributed by atoms with van der Waals surface area (Å²) in [6.07, 6.45) is 6.44. The van der Waals surface area contributed by atoms with Crippen molar-refractivity contribution >= 4 is 21.7 Å². The van der Waals surface area contributed by atoms with Gasteiger partial charge >= 0.3 is 0 Å². The molecule has 0 radical (unpaired) electrons. The number of hydrogen-bond donors (Lipinski definition) is 1. The van der Waals surface area contributed by atoms with E-state index in [1.165, 1.54) is 18.6 Å². The van der Waals surface area contributed by atoms with Crippen molar-refractivity contribution in [1.82, 2.24) is 0 Å². The molecule has 0 spiro atoms. The summed E-state index contributed by atoms with van der Waals surface area (Å²) < 4.78 is 14.0. The maximum atomic E-state index is 13.2. The van der Waals surface area contributed by atoms with Crippen molar-refractivity contribution in [3.05, 3.63) is 34.1 Å². The van der Waals surface area contributed by atoms with Gasteiger partial charge in [0, 0.05) is 17.3 Å². The van der Waals surface area contributed by atoms with Gasteiger partial charge in [0.2, 0.25) is 0 Å². The van der Waals surface area contributed by atoms with Crippen molar-refractivity contribution in [2.75, 3.05) is 6.54 Å². The third-order valence-corrected chi connectivity index (χ3v) is 5.09. The molecule has 20 heavy (non-hydrogen) atoms. The zero-order valence-electron chi connectivity index (χ0n) is 11.6. The topological polar surface area (TPSA) is 43.1 Å². The highest BCUT2D eigenvalue weighted by Gasteiger charge is 2.32. The first kappa shape index (κ1) is 15.6. The molecule has 4 heteroatoms. The third kappa shape index (κ3) is 3.89. The molecule has 1 aromatic rings. The predicted molar refractivity (Wildman–Crippen MR) is 82.0 cm³/mol. The summed E-state index contributed by atoms with van der Waals surface area (Å²) in [5, 5.41) is 0. The van der Waals surface area contributed by atoms with Gasteiger partial charge in [-0.3, -0.25) is 4.79 Å². The van der Waals surface area contributed by atoms with Crippen molar-refractivity contribution < 1.29 is 9.18 Å². The molecule has 2 nitrogen and oxygen atoms in total. The summed E-state index contributed by atoms with van der Waals surface area (Å²) in [7, 11) is 0. The second kappa shape index (κ2) is 6.81. The van der Waals surface area contributed by atoms with Gasteiger partial charge in [-0.2, -0.15) is 0 Å². The van der Waals surface area contributed by atoms with Crippen LogP contribution in [0.1, 0.15) is 44.1 Å². The standard InChI is InChI=1S/C16H21BrFNO/c17-15-5-4-13(18)8-12(15)9-14(20)10-16(11-19)6-2-1-3-7-16/h4-5,8H,1-3,6-7,9-11,19H2. The molecule has 0 aliphatic heterocycles. The molecule has 0 heterocycles. The van der Waals surface area contributed by atoms with Crippen LogP contribution in [0, 0.1) is 11.2 Å². The number of nitrogens with two attached hydrogens (primary N) is 1. The van der Waals surface area contributed by atoms with E-state index in [1.54, 1.807) is 6.07 Å². The van der Waals surface area contributed by atoms with Crippen LogP contribution in [0.5, 0.6) is 0 Å². The summed E-state index contributed by atoms with van der Waals surface area (Å²) in [6.45, 7) is 0.572. The van der Waals surface area contributed by atoms with Crippen molar-refractivity contribution in [2.24, 2.45) is 11.1 Å². The largest absolute Gasteiger partial charge is 0.330 e. The fourth-order valence-electron chi connectivity index (χ4n) is 3.13. The van der Waals surface area contributed by atoms with E-state index in [-0.39, 0.29) is 23.4 Å². The van der Waals surface area contributed by atoms with Crippen LogP contribution in [0.25, 0.3) is 0 Å². The average Bonchev–Trinajstić information content (AvgIpc) is 2.44. The van der Waals surface area contributed by atoms with E-state index in [2.05, 4.69) is 15.9 Å². The van der Waals surface area contributed by atoms with E-state index in [0.29, 0.717) is 13.0 Å². The summed E-state index contributed by atoms with van der Waals surface area (Å²) in [5.74, 6) is -0.147. The van der Waals surface area contributed by atoms with Gasteiger partial charge in [-0.15, -0.1) is 0 Å². The Kier molecular flexibility index (Phi) is 5.33. The first-order chi connectivity index (χ1) is 9.54. The molecule has 1 aliphatic rings. The number of ketones is 1. The lowest BCUT2D eigenvalue weighted by Crippen LogP contribution is -2.35. The summed E-state index contributed by atoms with van der Waals surface area (Å²) in [5.41, 5.74) is 6.61. The highest BCUT2D eigenvalue weighted by molar-refractivity contribution is 9.10. The quantitative estimate of drug-likeness (QED) is 0.879. The van der Waals surface area contributed by atoms with Crippen LogP contribution < -0.4 is 5.73 Å². The summed E-state index contributed by atoms with van der Waals surface area (Å²) >= 11 is 3.37. The number of hydrogen-bond acceptors (Lipinski definition) is 2. The summed E-state index contributed by atoms with van der Waals surface area (Å²) in [4.78, 5) is 12.3. The monoisotopic (exact) mass is 341 g/mol. The van der Waals surface area contributed by atoms with Gasteiger partial charge in [0.05, 0.1) is 0 Å². The van der Waals surface area contributed by atoms with Crippen LogP contribution in [0.2, 0.25) is 0 Å². The van der Waals surface area contributed by atoms with Crippen molar-refractivity contribution in [3.63, 3.8) is 0 Å². The number of carbonyl (C=O) groups excluding carboxylic acids is 1. The van der Waals surface area contributed by atoms with Gasteiger partial charge in [0.1, 0.15) is 11.6 Å². The lowest BCUT2D eigenvalue weighted by Gasteiger charge is -2.35. The Labute approximate surface area is 128 Å². The van der Waals surface area contributed by atoms with Crippen LogP contribution in [0.4, 0.5) is 4.39 Å². The zero-order valence-corrected chi connectivity index (χ0v) is 13.2. The van der Waals surface area contributed by atoms with E-state index in [4.69, 9.17) is 5.73 Å². The number of carbonyl (C=O) groups is 1. The molecular formula is C16H21BrFNO. The molecule has 2 rings (SSSR count). The van der Waals surface area contributed by atoms with E-state index in [9.17, 15) is 9.18 Å². The van der Waals surface area contributed by atoms with Crippen LogP contribution in [0.15, 0.2) is 22.7 Å². The first-order valence-electron chi connectivity index (χ1n) is 7.20. The SMILES string of the molecule is NCC1(CC(=O)Cc2cc(F)ccc2Br)CCCCC1. The minimum atomic E-state index is -0.304. The Hall–Kier alpha value is -0.740. The van der Waals surface area contributed by atoms with E-state index in [0.717, 1.165) is 35.7 Å². The number of benzene rings is 1. The Morgan fingerprint density at radius 1 is 1.30 bits per heavy atom. The molecule has 0 bridgehead atoms. The lowest BCUT2D eigenvalue weighted by molar-refractivity contribution is -0.121. The van der Waals surface area contributed by atoms with Gasteiger partial charge < -0.3 is 5.73 Å². The maximum absolute atomic E-state index is 13.2. The van der Waals surface area contributed by atoms with Gasteiger partial charge in [0.15, 0.2) is 0 Å². The Bertz CT molecular complexity index is 483. The van der Waals surface area contributed by atoms with Crippen LogP contribution in [-0.4, -0.2) is 12.3 Å². The van der Waals surface area contributed by atoms with E-state index >= 15 is 0 Å². The fourth-order valence-corrected chi connectivity index (χ4v) is 3.51. The molecule has 0 atom stereocenters. The van der Waals surface area contributed by atoms with Gasteiger partial charge in [-0.05, 0) is 48.6 Å². The molecule has 0 amide bonds. The molecule has 1 saturated carbocycles. The van der Waals surface area contributed by atoms with Gasteiger partial charge in [-0.25, -0.2) is 4.39 Å². The molecule has 1 aromatic carbocycles. The molecule has 0 unspecified atom stereocenters. The van der Waals surface area contributed by atoms with Crippen LogP contribution in [-0.2, 0) is 11.2 Å². The Morgan fingerprint density at radius 2 is 2.00 bits per heavy atom. The van der Waals surface area contributed by atoms with E-state index < -0.39 is 0 Å². The Balaban J connectivity index is 2.02. The molecule has 0 saturated heterocycles. The number of halogens is 2. The smallest absolute Gasteiger partial charge is 0.137 e. The van der Waals surface area contributed by atoms with Crippen molar-refractivity contribution in [3.8, 4) is 0 Å². The van der Waals surface area contributed by atoms with Crippen molar-refractivity contribution in [2.45, 2.75) is 44.9 Å². The van der Waals surface area contributed by atoms with E-state index in [1.807, 2.05) is 0 Å². The maximum Gasteiger partial charge on any atom is 0.137 e. The van der Waals surface area contributed by atoms with Crippen molar-refractivity contribution in [1.29, 1.82) is 0 Å². The number of rotatable bonds is 5. The normalized spacial score (nSPS) is 17.9. The lowest BCUT2D eigenvalue weighted by atomic mass is 9.70. The second-order valence-electron chi connectivity index (χ2n) is 5.89. The number of Topliss-reactive ketones (excluding diaryl/α,β-unsaturated/α-hetero) is 1.